The number of hydrogen-bond acceptors (Lipinski definition) is 8. The van der Waals surface area contributed by atoms with Crippen LogP contribution in [0.1, 0.15) is 38.1 Å². The van der Waals surface area contributed by atoms with Gasteiger partial charge in [0.15, 0.2) is 10.8 Å². The number of aromatic nitrogens is 4. The molecule has 4 aromatic rings. The summed E-state index contributed by atoms with van der Waals surface area (Å²) in [5.74, 6) is 1.13. The van der Waals surface area contributed by atoms with E-state index < -0.39 is 0 Å². The van der Waals surface area contributed by atoms with Gasteiger partial charge in [-0.2, -0.15) is 5.10 Å². The average Bonchev–Trinajstić information content (AvgIpc) is 3.29. The molecule has 1 amide bonds. The van der Waals surface area contributed by atoms with Crippen LogP contribution in [-0.4, -0.2) is 63.8 Å². The molecule has 0 aliphatic rings. The highest BCUT2D eigenvalue weighted by Gasteiger charge is 2.18. The van der Waals surface area contributed by atoms with Crippen molar-refractivity contribution in [2.45, 2.75) is 44.6 Å². The third kappa shape index (κ3) is 6.50. The number of nitrogens with one attached hydrogen (secondary N) is 2. The molecule has 0 atom stereocenters. The lowest BCUT2D eigenvalue weighted by molar-refractivity contribution is 0.0950. The second-order valence-corrected chi connectivity index (χ2v) is 10.1. The minimum Gasteiger partial charge on any atom is -0.493 e. The predicted molar refractivity (Wildman–Crippen MR) is 149 cm³/mol. The Labute approximate surface area is 221 Å². The molecule has 4 rings (SSSR count). The lowest BCUT2D eigenvalue weighted by Crippen LogP contribution is -2.28. The van der Waals surface area contributed by atoms with Crippen LogP contribution >= 0.6 is 11.8 Å². The van der Waals surface area contributed by atoms with Crippen molar-refractivity contribution in [3.63, 3.8) is 0 Å². The zero-order valence-corrected chi connectivity index (χ0v) is 22.6. The third-order valence-corrected chi connectivity index (χ3v) is 6.45. The van der Waals surface area contributed by atoms with Gasteiger partial charge in [0, 0.05) is 24.9 Å². The minimum atomic E-state index is -0.180. The zero-order chi connectivity index (χ0) is 26.2. The van der Waals surface area contributed by atoms with Crippen LogP contribution in [-0.2, 0) is 11.3 Å². The van der Waals surface area contributed by atoms with Gasteiger partial charge in [-0.1, -0.05) is 55.9 Å². The number of amides is 1. The Morgan fingerprint density at radius 3 is 2.68 bits per heavy atom. The van der Waals surface area contributed by atoms with E-state index in [0.717, 1.165) is 27.6 Å². The van der Waals surface area contributed by atoms with E-state index >= 15 is 0 Å². The first kappa shape index (κ1) is 26.7. The fourth-order valence-electron chi connectivity index (χ4n) is 4.01. The van der Waals surface area contributed by atoms with Gasteiger partial charge in [0.1, 0.15) is 11.6 Å². The van der Waals surface area contributed by atoms with Gasteiger partial charge in [-0.25, -0.2) is 14.6 Å². The van der Waals surface area contributed by atoms with Crippen molar-refractivity contribution in [2.24, 2.45) is 0 Å². The molecule has 196 valence electrons. The fraction of sp³-hybridized carbons (Fsp3) is 0.407. The number of carbonyl (C=O) groups excluding carboxylic acids is 1. The molecule has 10 heteroatoms. The van der Waals surface area contributed by atoms with Crippen molar-refractivity contribution < 1.29 is 14.3 Å². The Bertz CT molecular complexity index is 1360. The summed E-state index contributed by atoms with van der Waals surface area (Å²) in [5, 5.41) is 14.7. The van der Waals surface area contributed by atoms with E-state index in [0.29, 0.717) is 61.2 Å². The van der Waals surface area contributed by atoms with E-state index in [1.54, 1.807) is 18.0 Å². The van der Waals surface area contributed by atoms with Gasteiger partial charge < -0.3 is 20.1 Å². The molecule has 0 spiro atoms. The zero-order valence-electron chi connectivity index (χ0n) is 21.8. The molecule has 0 saturated heterocycles. The highest BCUT2D eigenvalue weighted by molar-refractivity contribution is 7.99. The van der Waals surface area contributed by atoms with Crippen LogP contribution in [0.2, 0.25) is 0 Å². The lowest BCUT2D eigenvalue weighted by Gasteiger charge is -2.14. The predicted octanol–water partition coefficient (Wildman–Crippen LogP) is 4.76. The van der Waals surface area contributed by atoms with Crippen molar-refractivity contribution in [1.82, 2.24) is 25.1 Å². The number of thioether (sulfide) groups is 1. The van der Waals surface area contributed by atoms with Crippen LogP contribution in [0.4, 0.5) is 5.82 Å². The van der Waals surface area contributed by atoms with Gasteiger partial charge in [0.2, 0.25) is 0 Å². The van der Waals surface area contributed by atoms with Crippen LogP contribution < -0.4 is 15.4 Å². The minimum absolute atomic E-state index is 0.180. The monoisotopic (exact) mass is 522 g/mol. The van der Waals surface area contributed by atoms with Gasteiger partial charge in [-0.05, 0) is 30.7 Å². The molecule has 2 aromatic heterocycles. The quantitative estimate of drug-likeness (QED) is 0.147. The maximum absolute atomic E-state index is 13.3. The average molecular weight is 523 g/mol. The number of benzene rings is 2. The number of anilines is 1. The number of ether oxygens (including phenoxy) is 2. The normalized spacial score (nSPS) is 11.4. The van der Waals surface area contributed by atoms with Gasteiger partial charge in [-0.15, -0.1) is 0 Å². The second kappa shape index (κ2) is 12.7. The highest BCUT2D eigenvalue weighted by atomic mass is 32.2. The third-order valence-electron chi connectivity index (χ3n) is 5.59. The smallest absolute Gasteiger partial charge is 0.255 e. The highest BCUT2D eigenvalue weighted by Crippen LogP contribution is 2.29. The molecular weight excluding hydrogens is 488 g/mol. The van der Waals surface area contributed by atoms with E-state index in [9.17, 15) is 4.79 Å². The van der Waals surface area contributed by atoms with Crippen LogP contribution in [0.3, 0.4) is 0 Å². The first-order chi connectivity index (χ1) is 18.0. The topological polar surface area (TPSA) is 103 Å². The Hall–Kier alpha value is -3.37. The van der Waals surface area contributed by atoms with E-state index in [1.165, 1.54) is 0 Å². The summed E-state index contributed by atoms with van der Waals surface area (Å²) in [4.78, 5) is 22.7. The van der Waals surface area contributed by atoms with Gasteiger partial charge in [0.25, 0.3) is 5.91 Å². The summed E-state index contributed by atoms with van der Waals surface area (Å²) in [7, 11) is 0. The number of carbonyl (C=O) groups is 1. The number of rotatable bonds is 13. The molecule has 0 unspecified atom stereocenters. The SMILES string of the molecule is CCOCCNc1nc(SC(C)C)nc2c1cnn2CCNC(=O)c1c(OCC)ccc2ccccc12. The van der Waals surface area contributed by atoms with Crippen LogP contribution in [0, 0.1) is 0 Å². The Morgan fingerprint density at radius 1 is 1.05 bits per heavy atom. The molecule has 0 radical (unpaired) electrons. The molecule has 2 heterocycles. The maximum Gasteiger partial charge on any atom is 0.255 e. The molecular formula is C27H34N6O3S. The van der Waals surface area contributed by atoms with Crippen molar-refractivity contribution in [2.75, 3.05) is 38.2 Å². The second-order valence-electron chi connectivity index (χ2n) is 8.60. The van der Waals surface area contributed by atoms with E-state index in [-0.39, 0.29) is 5.91 Å². The van der Waals surface area contributed by atoms with Crippen molar-refractivity contribution in [1.29, 1.82) is 0 Å². The first-order valence-electron chi connectivity index (χ1n) is 12.7. The van der Waals surface area contributed by atoms with Crippen molar-refractivity contribution >= 4 is 45.3 Å². The summed E-state index contributed by atoms with van der Waals surface area (Å²) in [6.07, 6.45) is 1.77. The molecule has 37 heavy (non-hydrogen) atoms. The summed E-state index contributed by atoms with van der Waals surface area (Å²) in [5.41, 5.74) is 1.27. The lowest BCUT2D eigenvalue weighted by atomic mass is 10.0. The number of nitrogens with zero attached hydrogens (tertiary/aromatic N) is 4. The summed E-state index contributed by atoms with van der Waals surface area (Å²) in [6, 6.07) is 11.6. The Kier molecular flexibility index (Phi) is 9.19. The molecule has 2 N–H and O–H groups in total. The number of fused-ring (bicyclic) bond motifs is 2. The molecule has 0 saturated carbocycles. The molecule has 0 bridgehead atoms. The number of hydrogen-bond donors (Lipinski definition) is 2. The van der Waals surface area contributed by atoms with Gasteiger partial charge in [0.05, 0.1) is 36.9 Å². The van der Waals surface area contributed by atoms with Crippen molar-refractivity contribution in [3.05, 3.63) is 48.2 Å². The molecule has 9 nitrogen and oxygen atoms in total. The van der Waals surface area contributed by atoms with Crippen LogP contribution in [0.5, 0.6) is 5.75 Å². The molecule has 0 fully saturated rings. The van der Waals surface area contributed by atoms with Gasteiger partial charge in [-0.3, -0.25) is 4.79 Å². The molecule has 2 aromatic carbocycles. The summed E-state index contributed by atoms with van der Waals surface area (Å²) >= 11 is 1.60. The summed E-state index contributed by atoms with van der Waals surface area (Å²) < 4.78 is 13.0. The van der Waals surface area contributed by atoms with Crippen LogP contribution in [0.15, 0.2) is 47.8 Å². The standard InChI is InChI=1S/C27H34N6O3S/c1-5-35-16-14-28-24-21-17-30-33(25(21)32-27(31-24)37-18(3)4)15-13-29-26(34)23-20-10-8-7-9-19(20)11-12-22(23)36-6-2/h7-12,17-18H,5-6,13-16H2,1-4H3,(H,29,34)(H,28,31,32). The molecule has 0 aliphatic carbocycles. The van der Waals surface area contributed by atoms with Crippen LogP contribution in [0.25, 0.3) is 21.8 Å². The largest absolute Gasteiger partial charge is 0.493 e. The maximum atomic E-state index is 13.3. The van der Waals surface area contributed by atoms with Gasteiger partial charge >= 0.3 is 0 Å². The van der Waals surface area contributed by atoms with E-state index in [4.69, 9.17) is 19.4 Å². The Balaban J connectivity index is 1.53. The van der Waals surface area contributed by atoms with E-state index in [2.05, 4.69) is 29.6 Å². The van der Waals surface area contributed by atoms with Crippen molar-refractivity contribution in [3.8, 4) is 5.75 Å². The summed E-state index contributed by atoms with van der Waals surface area (Å²) in [6.45, 7) is 11.3. The Morgan fingerprint density at radius 2 is 1.89 bits per heavy atom. The van der Waals surface area contributed by atoms with E-state index in [1.807, 2.05) is 54.9 Å². The first-order valence-corrected chi connectivity index (χ1v) is 13.5. The molecule has 0 aliphatic heterocycles. The fourth-order valence-corrected chi connectivity index (χ4v) is 4.71.